The Kier molecular flexibility index (Phi) is 5.92. The molecule has 2 unspecified atom stereocenters. The Hall–Kier alpha value is -1.70. The second-order valence-electron chi connectivity index (χ2n) is 7.00. The molecule has 2 heteroatoms. The van der Waals surface area contributed by atoms with Crippen molar-refractivity contribution in [3.63, 3.8) is 0 Å². The summed E-state index contributed by atoms with van der Waals surface area (Å²) >= 11 is 0. The largest absolute Gasteiger partial charge is 0.504 e. The number of hydrogen-bond donors (Lipinski definition) is 2. The number of benzene rings is 1. The van der Waals surface area contributed by atoms with Gasteiger partial charge in [0, 0.05) is 11.5 Å². The van der Waals surface area contributed by atoms with Crippen molar-refractivity contribution < 1.29 is 10.2 Å². The number of hydrogen-bond acceptors (Lipinski definition) is 2. The summed E-state index contributed by atoms with van der Waals surface area (Å²) in [7, 11) is 0. The molecule has 2 nitrogen and oxygen atoms in total. The molecule has 0 aromatic heterocycles. The van der Waals surface area contributed by atoms with Crippen molar-refractivity contribution >= 4 is 0 Å². The molecule has 1 aliphatic rings. The predicted octanol–water partition coefficient (Wildman–Crippen LogP) is 5.85. The summed E-state index contributed by atoms with van der Waals surface area (Å²) in [5.41, 5.74) is 4.01. The van der Waals surface area contributed by atoms with Crippen LogP contribution in [0.1, 0.15) is 69.4 Å². The Balaban J connectivity index is 2.23. The molecule has 0 amide bonds. The first-order chi connectivity index (χ1) is 11.0. The first-order valence-electron chi connectivity index (χ1n) is 8.82. The maximum absolute atomic E-state index is 10.5. The van der Waals surface area contributed by atoms with Crippen LogP contribution in [0.2, 0.25) is 0 Å². The van der Waals surface area contributed by atoms with Crippen molar-refractivity contribution in [1.29, 1.82) is 0 Å². The number of rotatable bonds is 6. The molecule has 1 saturated carbocycles. The van der Waals surface area contributed by atoms with Gasteiger partial charge in [-0.2, -0.15) is 0 Å². The summed E-state index contributed by atoms with van der Waals surface area (Å²) < 4.78 is 0. The summed E-state index contributed by atoms with van der Waals surface area (Å²) in [6.45, 7) is 12.5. The Morgan fingerprint density at radius 1 is 1.22 bits per heavy atom. The van der Waals surface area contributed by atoms with E-state index in [0.29, 0.717) is 5.92 Å². The van der Waals surface area contributed by atoms with Crippen molar-refractivity contribution in [2.75, 3.05) is 0 Å². The quantitative estimate of drug-likeness (QED) is 0.393. The number of aryl methyl sites for hydroxylation is 1. The molecule has 1 aliphatic carbocycles. The molecule has 0 saturated heterocycles. The average Bonchev–Trinajstić information content (AvgIpc) is 2.52. The van der Waals surface area contributed by atoms with E-state index in [1.54, 1.807) is 0 Å². The molecule has 0 radical (unpaired) electrons. The van der Waals surface area contributed by atoms with E-state index >= 15 is 0 Å². The van der Waals surface area contributed by atoms with Gasteiger partial charge in [0.2, 0.25) is 0 Å². The fourth-order valence-electron chi connectivity index (χ4n) is 3.58. The topological polar surface area (TPSA) is 40.5 Å². The second kappa shape index (κ2) is 7.72. The molecular weight excluding hydrogens is 284 g/mol. The standard InChI is InChI=1S/C21H30O2/c1-5-6-7-8-16-11-12-18(21(23)20(16)22)19-13-17(14(2)3)10-9-15(19)4/h11-12,17,19,22-23H,2,4-10,13H2,1,3H3. The number of allylic oxidation sites excluding steroid dienone is 2. The van der Waals surface area contributed by atoms with Crippen LogP contribution in [0, 0.1) is 5.92 Å². The molecule has 0 aliphatic heterocycles. The van der Waals surface area contributed by atoms with Gasteiger partial charge in [-0.1, -0.05) is 56.2 Å². The number of phenols is 2. The van der Waals surface area contributed by atoms with Crippen LogP contribution < -0.4 is 0 Å². The van der Waals surface area contributed by atoms with Crippen LogP contribution in [-0.4, -0.2) is 10.2 Å². The fourth-order valence-corrected chi connectivity index (χ4v) is 3.58. The number of aromatic hydroxyl groups is 2. The van der Waals surface area contributed by atoms with E-state index in [4.69, 9.17) is 0 Å². The number of phenolic OH excluding ortho intramolecular Hbond substituents is 2. The van der Waals surface area contributed by atoms with E-state index in [-0.39, 0.29) is 17.4 Å². The van der Waals surface area contributed by atoms with E-state index in [1.165, 1.54) is 5.57 Å². The highest BCUT2D eigenvalue weighted by atomic mass is 16.3. The summed E-state index contributed by atoms with van der Waals surface area (Å²) in [5, 5.41) is 20.9. The lowest BCUT2D eigenvalue weighted by atomic mass is 9.73. The zero-order chi connectivity index (χ0) is 17.0. The van der Waals surface area contributed by atoms with Gasteiger partial charge in [0.1, 0.15) is 0 Å². The molecule has 126 valence electrons. The van der Waals surface area contributed by atoms with Crippen LogP contribution in [0.5, 0.6) is 11.5 Å². The first kappa shape index (κ1) is 17.7. The minimum atomic E-state index is 0.0486. The van der Waals surface area contributed by atoms with E-state index in [0.717, 1.165) is 61.6 Å². The molecule has 1 aromatic rings. The molecular formula is C21H30O2. The Morgan fingerprint density at radius 2 is 1.96 bits per heavy atom. The normalized spacial score (nSPS) is 21.4. The van der Waals surface area contributed by atoms with Gasteiger partial charge in [0.25, 0.3) is 0 Å². The zero-order valence-electron chi connectivity index (χ0n) is 14.6. The minimum Gasteiger partial charge on any atom is -0.504 e. The van der Waals surface area contributed by atoms with Gasteiger partial charge in [-0.15, -0.1) is 0 Å². The van der Waals surface area contributed by atoms with Crippen LogP contribution in [0.3, 0.4) is 0 Å². The van der Waals surface area contributed by atoms with Gasteiger partial charge in [-0.05, 0) is 50.5 Å². The van der Waals surface area contributed by atoms with Crippen molar-refractivity contribution in [1.82, 2.24) is 0 Å². The SMILES string of the molecule is C=C(C)C1CCC(=C)C(c2ccc(CCCCC)c(O)c2O)C1. The van der Waals surface area contributed by atoms with Gasteiger partial charge >= 0.3 is 0 Å². The molecule has 23 heavy (non-hydrogen) atoms. The minimum absolute atomic E-state index is 0.0486. The molecule has 2 atom stereocenters. The Labute approximate surface area is 140 Å². The van der Waals surface area contributed by atoms with Gasteiger partial charge in [0.05, 0.1) is 0 Å². The number of unbranched alkanes of at least 4 members (excludes halogenated alkanes) is 2. The highest BCUT2D eigenvalue weighted by Crippen LogP contribution is 2.47. The Bertz CT molecular complexity index is 586. The van der Waals surface area contributed by atoms with Crippen LogP contribution in [0.15, 0.2) is 36.4 Å². The lowest BCUT2D eigenvalue weighted by Gasteiger charge is -2.32. The first-order valence-corrected chi connectivity index (χ1v) is 8.82. The molecule has 2 rings (SSSR count). The average molecular weight is 314 g/mol. The zero-order valence-corrected chi connectivity index (χ0v) is 14.6. The van der Waals surface area contributed by atoms with Crippen LogP contribution in [0.4, 0.5) is 0 Å². The Morgan fingerprint density at radius 3 is 2.61 bits per heavy atom. The third kappa shape index (κ3) is 3.99. The monoisotopic (exact) mass is 314 g/mol. The van der Waals surface area contributed by atoms with Gasteiger partial charge in [-0.25, -0.2) is 0 Å². The summed E-state index contributed by atoms with van der Waals surface area (Å²) in [6.07, 6.45) is 7.12. The van der Waals surface area contributed by atoms with Crippen molar-refractivity contribution in [2.45, 2.75) is 64.7 Å². The van der Waals surface area contributed by atoms with Crippen LogP contribution in [-0.2, 0) is 6.42 Å². The molecule has 1 aromatic carbocycles. The third-order valence-corrected chi connectivity index (χ3v) is 5.21. The molecule has 1 fully saturated rings. The molecule has 2 N–H and O–H groups in total. The summed E-state index contributed by atoms with van der Waals surface area (Å²) in [6, 6.07) is 3.95. The van der Waals surface area contributed by atoms with Crippen LogP contribution >= 0.6 is 0 Å². The third-order valence-electron chi connectivity index (χ3n) is 5.21. The highest BCUT2D eigenvalue weighted by molar-refractivity contribution is 5.53. The maximum Gasteiger partial charge on any atom is 0.161 e. The molecule has 0 heterocycles. The van der Waals surface area contributed by atoms with Gasteiger partial charge < -0.3 is 10.2 Å². The fraction of sp³-hybridized carbons (Fsp3) is 0.524. The predicted molar refractivity (Wildman–Crippen MR) is 97.0 cm³/mol. The van der Waals surface area contributed by atoms with E-state index in [9.17, 15) is 10.2 Å². The second-order valence-corrected chi connectivity index (χ2v) is 7.00. The summed E-state index contributed by atoms with van der Waals surface area (Å²) in [5.74, 6) is 0.689. The van der Waals surface area contributed by atoms with E-state index in [2.05, 4.69) is 27.0 Å². The smallest absolute Gasteiger partial charge is 0.161 e. The van der Waals surface area contributed by atoms with Crippen molar-refractivity contribution in [2.24, 2.45) is 5.92 Å². The van der Waals surface area contributed by atoms with E-state index in [1.807, 2.05) is 12.1 Å². The van der Waals surface area contributed by atoms with E-state index < -0.39 is 0 Å². The van der Waals surface area contributed by atoms with Crippen molar-refractivity contribution in [3.05, 3.63) is 47.6 Å². The highest BCUT2D eigenvalue weighted by Gasteiger charge is 2.29. The lowest BCUT2D eigenvalue weighted by Crippen LogP contribution is -2.17. The maximum atomic E-state index is 10.5. The van der Waals surface area contributed by atoms with Crippen molar-refractivity contribution in [3.8, 4) is 11.5 Å². The lowest BCUT2D eigenvalue weighted by molar-refractivity contribution is 0.379. The molecule has 0 spiro atoms. The van der Waals surface area contributed by atoms with Gasteiger partial charge in [-0.3, -0.25) is 0 Å². The van der Waals surface area contributed by atoms with Gasteiger partial charge in [0.15, 0.2) is 11.5 Å². The molecule has 0 bridgehead atoms. The summed E-state index contributed by atoms with van der Waals surface area (Å²) in [4.78, 5) is 0. The van der Waals surface area contributed by atoms with Crippen LogP contribution in [0.25, 0.3) is 0 Å².